The Balaban J connectivity index is 1.55. The Morgan fingerprint density at radius 3 is 2.83 bits per heavy atom. The monoisotopic (exact) mass is 422 g/mol. The van der Waals surface area contributed by atoms with Crippen molar-refractivity contribution in [2.45, 2.75) is 25.8 Å². The molecule has 30 heavy (non-hydrogen) atoms. The van der Waals surface area contributed by atoms with Crippen LogP contribution < -0.4 is 0 Å². The molecule has 1 aromatic carbocycles. The number of hydrogen-bond donors (Lipinski definition) is 0. The van der Waals surface area contributed by atoms with Gasteiger partial charge in [-0.1, -0.05) is 11.6 Å². The van der Waals surface area contributed by atoms with Crippen molar-refractivity contribution in [1.29, 1.82) is 0 Å². The van der Waals surface area contributed by atoms with Gasteiger partial charge < -0.3 is 9.64 Å². The highest BCUT2D eigenvalue weighted by atomic mass is 35.5. The van der Waals surface area contributed by atoms with Crippen molar-refractivity contribution in [1.82, 2.24) is 19.7 Å². The molecule has 154 valence electrons. The highest BCUT2D eigenvalue weighted by Gasteiger charge is 2.26. The SMILES string of the molecule is COC(=O)c1ccnc2c1CC(c1c3cc(Cl)ccc3nn1CCN1CCCC1)=C2. The number of benzene rings is 1. The van der Waals surface area contributed by atoms with E-state index in [-0.39, 0.29) is 5.97 Å². The largest absolute Gasteiger partial charge is 0.465 e. The third kappa shape index (κ3) is 3.40. The maximum absolute atomic E-state index is 12.2. The van der Waals surface area contributed by atoms with Crippen LogP contribution in [0.5, 0.6) is 0 Å². The lowest BCUT2D eigenvalue weighted by Gasteiger charge is -2.16. The fraction of sp³-hybridized carbons (Fsp3) is 0.348. The van der Waals surface area contributed by atoms with Crippen LogP contribution in [-0.4, -0.2) is 52.4 Å². The van der Waals surface area contributed by atoms with E-state index >= 15 is 0 Å². The lowest BCUT2D eigenvalue weighted by Crippen LogP contribution is -2.25. The number of allylic oxidation sites excluding steroid dienone is 1. The highest BCUT2D eigenvalue weighted by Crippen LogP contribution is 2.36. The first kappa shape index (κ1) is 19.3. The highest BCUT2D eigenvalue weighted by molar-refractivity contribution is 6.31. The van der Waals surface area contributed by atoms with Crippen LogP contribution >= 0.6 is 11.6 Å². The third-order valence-corrected chi connectivity index (χ3v) is 6.24. The van der Waals surface area contributed by atoms with Gasteiger partial charge in [-0.3, -0.25) is 9.67 Å². The molecule has 3 aromatic rings. The van der Waals surface area contributed by atoms with Crippen LogP contribution in [0, 0.1) is 0 Å². The number of fused-ring (bicyclic) bond motifs is 2. The average Bonchev–Trinajstić information content (AvgIpc) is 3.48. The minimum Gasteiger partial charge on any atom is -0.465 e. The molecule has 0 bridgehead atoms. The summed E-state index contributed by atoms with van der Waals surface area (Å²) in [6.45, 7) is 4.10. The van der Waals surface area contributed by atoms with Crippen molar-refractivity contribution in [3.05, 3.63) is 58.0 Å². The maximum Gasteiger partial charge on any atom is 0.338 e. The molecule has 6 nitrogen and oxygen atoms in total. The number of ether oxygens (including phenoxy) is 1. The summed E-state index contributed by atoms with van der Waals surface area (Å²) in [5, 5.41) is 6.59. The van der Waals surface area contributed by atoms with E-state index in [1.807, 2.05) is 18.2 Å². The molecule has 2 aliphatic rings. The average molecular weight is 423 g/mol. The molecular weight excluding hydrogens is 400 g/mol. The van der Waals surface area contributed by atoms with Crippen molar-refractivity contribution in [2.75, 3.05) is 26.7 Å². The van der Waals surface area contributed by atoms with Gasteiger partial charge in [0.1, 0.15) is 0 Å². The van der Waals surface area contributed by atoms with E-state index in [9.17, 15) is 4.79 Å². The Labute approximate surface area is 180 Å². The van der Waals surface area contributed by atoms with Gasteiger partial charge in [0.15, 0.2) is 0 Å². The fourth-order valence-corrected chi connectivity index (χ4v) is 4.70. The van der Waals surface area contributed by atoms with Crippen molar-refractivity contribution in [3.8, 4) is 0 Å². The second kappa shape index (κ2) is 7.85. The summed E-state index contributed by atoms with van der Waals surface area (Å²) in [5.74, 6) is -0.334. The lowest BCUT2D eigenvalue weighted by molar-refractivity contribution is 0.0599. The van der Waals surface area contributed by atoms with E-state index in [4.69, 9.17) is 21.4 Å². The fourth-order valence-electron chi connectivity index (χ4n) is 4.53. The van der Waals surface area contributed by atoms with Crippen molar-refractivity contribution in [3.63, 3.8) is 0 Å². The maximum atomic E-state index is 12.2. The van der Waals surface area contributed by atoms with E-state index < -0.39 is 0 Å². The number of esters is 1. The molecule has 1 aliphatic heterocycles. The number of nitrogens with zero attached hydrogens (tertiary/aromatic N) is 4. The Kier molecular flexibility index (Phi) is 5.05. The predicted octanol–water partition coefficient (Wildman–Crippen LogP) is 4.06. The molecule has 2 aromatic heterocycles. The van der Waals surface area contributed by atoms with Crippen LogP contribution in [0.15, 0.2) is 30.5 Å². The molecule has 0 amide bonds. The van der Waals surface area contributed by atoms with Gasteiger partial charge in [0, 0.05) is 29.6 Å². The van der Waals surface area contributed by atoms with Gasteiger partial charge in [0.05, 0.1) is 36.1 Å². The van der Waals surface area contributed by atoms with Crippen LogP contribution in [0.2, 0.25) is 5.02 Å². The molecular formula is C23H23ClN4O2. The zero-order valence-corrected chi connectivity index (χ0v) is 17.7. The molecule has 0 atom stereocenters. The predicted molar refractivity (Wildman–Crippen MR) is 118 cm³/mol. The third-order valence-electron chi connectivity index (χ3n) is 6.00. The standard InChI is InChI=1S/C23H23ClN4O2/c1-30-23(29)17-6-7-25-21-13-15(12-18(17)21)22-19-14-16(24)4-5-20(19)26-28(22)11-10-27-8-2-3-9-27/h4-7,13-14H,2-3,8-12H2,1H3. The van der Waals surface area contributed by atoms with Gasteiger partial charge in [-0.25, -0.2) is 4.79 Å². The second-order valence-electron chi connectivity index (χ2n) is 7.84. The van der Waals surface area contributed by atoms with Gasteiger partial charge in [-0.15, -0.1) is 0 Å². The van der Waals surface area contributed by atoms with Crippen LogP contribution in [0.1, 0.15) is 40.2 Å². The summed E-state index contributed by atoms with van der Waals surface area (Å²) < 4.78 is 7.05. The van der Waals surface area contributed by atoms with Crippen molar-refractivity contribution in [2.24, 2.45) is 0 Å². The summed E-state index contributed by atoms with van der Waals surface area (Å²) in [4.78, 5) is 19.2. The van der Waals surface area contributed by atoms with Crippen LogP contribution in [0.4, 0.5) is 0 Å². The molecule has 3 heterocycles. The van der Waals surface area contributed by atoms with Gasteiger partial charge in [-0.05, 0) is 67.4 Å². The number of halogens is 1. The summed E-state index contributed by atoms with van der Waals surface area (Å²) >= 11 is 6.32. The Morgan fingerprint density at radius 2 is 2.03 bits per heavy atom. The molecule has 0 spiro atoms. The van der Waals surface area contributed by atoms with E-state index in [0.29, 0.717) is 17.0 Å². The Morgan fingerprint density at radius 1 is 1.20 bits per heavy atom. The zero-order chi connectivity index (χ0) is 20.7. The van der Waals surface area contributed by atoms with Crippen LogP contribution in [-0.2, 0) is 17.7 Å². The molecule has 1 aliphatic carbocycles. The normalized spacial score (nSPS) is 16.1. The summed E-state index contributed by atoms with van der Waals surface area (Å²) in [5.41, 5.74) is 5.37. The number of carbonyl (C=O) groups excluding carboxylic acids is 1. The van der Waals surface area contributed by atoms with Crippen molar-refractivity contribution >= 4 is 40.1 Å². The summed E-state index contributed by atoms with van der Waals surface area (Å²) in [7, 11) is 1.40. The van der Waals surface area contributed by atoms with Gasteiger partial charge in [-0.2, -0.15) is 5.10 Å². The number of likely N-dealkylation sites (tertiary alicyclic amines) is 1. The van der Waals surface area contributed by atoms with Crippen LogP contribution in [0.3, 0.4) is 0 Å². The first-order valence-corrected chi connectivity index (χ1v) is 10.7. The molecule has 1 fully saturated rings. The number of methoxy groups -OCH3 is 1. The quantitative estimate of drug-likeness (QED) is 0.580. The minimum atomic E-state index is -0.334. The Hall–Kier alpha value is -2.70. The first-order chi connectivity index (χ1) is 14.6. The molecule has 0 radical (unpaired) electrons. The summed E-state index contributed by atoms with van der Waals surface area (Å²) in [6, 6.07) is 7.54. The Bertz CT molecular complexity index is 1160. The number of hydrogen-bond acceptors (Lipinski definition) is 5. The number of carbonyl (C=O) groups is 1. The van der Waals surface area contributed by atoms with Crippen molar-refractivity contribution < 1.29 is 9.53 Å². The topological polar surface area (TPSA) is 60.2 Å². The van der Waals surface area contributed by atoms with Gasteiger partial charge >= 0.3 is 5.97 Å². The van der Waals surface area contributed by atoms with E-state index in [1.165, 1.54) is 20.0 Å². The van der Waals surface area contributed by atoms with Crippen LogP contribution in [0.25, 0.3) is 22.6 Å². The molecule has 0 N–H and O–H groups in total. The molecule has 7 heteroatoms. The summed E-state index contributed by atoms with van der Waals surface area (Å²) in [6.07, 6.45) is 6.87. The van der Waals surface area contributed by atoms with E-state index in [0.717, 1.165) is 59.6 Å². The zero-order valence-electron chi connectivity index (χ0n) is 16.9. The second-order valence-corrected chi connectivity index (χ2v) is 8.28. The molecule has 1 saturated heterocycles. The van der Waals surface area contributed by atoms with E-state index in [1.54, 1.807) is 12.3 Å². The van der Waals surface area contributed by atoms with E-state index in [2.05, 4.69) is 20.6 Å². The number of rotatable bonds is 5. The first-order valence-electron chi connectivity index (χ1n) is 10.3. The molecule has 0 unspecified atom stereocenters. The lowest BCUT2D eigenvalue weighted by atomic mass is 10.0. The number of aromatic nitrogens is 3. The van der Waals surface area contributed by atoms with Gasteiger partial charge in [0.2, 0.25) is 0 Å². The number of pyridine rings is 1. The molecule has 5 rings (SSSR count). The minimum absolute atomic E-state index is 0.334. The smallest absolute Gasteiger partial charge is 0.338 e. The van der Waals surface area contributed by atoms with Gasteiger partial charge in [0.25, 0.3) is 0 Å². The molecule has 0 saturated carbocycles.